The molecule has 2 heterocycles. The topological polar surface area (TPSA) is 37.8 Å². The van der Waals surface area contributed by atoms with Crippen molar-refractivity contribution >= 4 is 23.1 Å². The van der Waals surface area contributed by atoms with E-state index in [-0.39, 0.29) is 0 Å². The lowest BCUT2D eigenvalue weighted by Gasteiger charge is -2.06. The highest BCUT2D eigenvalue weighted by atomic mass is 32.2. The number of nitrogens with one attached hydrogen (secondary N) is 1. The average Bonchev–Trinajstić information content (AvgIpc) is 2.74. The second-order valence-corrected chi connectivity index (χ2v) is 4.91. The highest BCUT2D eigenvalue weighted by molar-refractivity contribution is 8.01. The van der Waals surface area contributed by atoms with Gasteiger partial charge in [-0.3, -0.25) is 0 Å². The molecule has 1 aromatic heterocycles. The first-order valence-corrected chi connectivity index (χ1v) is 5.94. The number of nitrogens with zero attached hydrogens (tertiary/aromatic N) is 2. The van der Waals surface area contributed by atoms with E-state index in [1.807, 2.05) is 0 Å². The van der Waals surface area contributed by atoms with Gasteiger partial charge in [-0.25, -0.2) is 0 Å². The minimum Gasteiger partial charge on any atom is -0.313 e. The van der Waals surface area contributed by atoms with Gasteiger partial charge in [-0.2, -0.15) is 0 Å². The molecule has 1 saturated heterocycles. The highest BCUT2D eigenvalue weighted by Gasteiger charge is 2.14. The van der Waals surface area contributed by atoms with Crippen LogP contribution in [0, 0.1) is 0 Å². The van der Waals surface area contributed by atoms with Crippen molar-refractivity contribution in [1.29, 1.82) is 0 Å². The molecule has 12 heavy (non-hydrogen) atoms. The third kappa shape index (κ3) is 2.18. The standard InChI is InChI=1S/C7H11N3S2/c1-2-6(8-3-1)4-11-7-10-9-5-12-7/h5-6,8H,1-4H2/t6-/m0/s1. The Morgan fingerprint density at radius 1 is 1.75 bits per heavy atom. The van der Waals surface area contributed by atoms with Gasteiger partial charge >= 0.3 is 0 Å². The van der Waals surface area contributed by atoms with E-state index in [4.69, 9.17) is 0 Å². The first-order valence-electron chi connectivity index (χ1n) is 4.07. The summed E-state index contributed by atoms with van der Waals surface area (Å²) in [4.78, 5) is 0. The Kier molecular flexibility index (Phi) is 2.97. The molecule has 2 rings (SSSR count). The van der Waals surface area contributed by atoms with Crippen LogP contribution in [-0.4, -0.2) is 28.5 Å². The Balaban J connectivity index is 1.74. The van der Waals surface area contributed by atoms with E-state index in [1.165, 1.54) is 19.4 Å². The van der Waals surface area contributed by atoms with Crippen LogP contribution in [0.5, 0.6) is 0 Å². The van der Waals surface area contributed by atoms with Gasteiger partial charge in [0, 0.05) is 11.8 Å². The van der Waals surface area contributed by atoms with Crippen LogP contribution in [0.25, 0.3) is 0 Å². The van der Waals surface area contributed by atoms with Crippen LogP contribution in [0.15, 0.2) is 9.85 Å². The summed E-state index contributed by atoms with van der Waals surface area (Å²) in [5.74, 6) is 1.13. The molecule has 0 unspecified atom stereocenters. The minimum absolute atomic E-state index is 0.693. The molecule has 1 fully saturated rings. The lowest BCUT2D eigenvalue weighted by atomic mass is 10.3. The molecule has 1 aliphatic rings. The summed E-state index contributed by atoms with van der Waals surface area (Å²) in [6.07, 6.45) is 2.63. The van der Waals surface area contributed by atoms with Crippen LogP contribution in [0.1, 0.15) is 12.8 Å². The second kappa shape index (κ2) is 4.20. The Bertz CT molecular complexity index is 219. The van der Waals surface area contributed by atoms with E-state index in [0.29, 0.717) is 6.04 Å². The van der Waals surface area contributed by atoms with Crippen LogP contribution in [-0.2, 0) is 0 Å². The average molecular weight is 201 g/mol. The maximum absolute atomic E-state index is 3.98. The van der Waals surface area contributed by atoms with Crippen LogP contribution >= 0.6 is 23.1 Å². The lowest BCUT2D eigenvalue weighted by molar-refractivity contribution is 0.674. The van der Waals surface area contributed by atoms with Crippen LogP contribution in [0.4, 0.5) is 0 Å². The molecule has 5 heteroatoms. The molecule has 1 atom stereocenters. The van der Waals surface area contributed by atoms with Crippen molar-refractivity contribution in [3.8, 4) is 0 Å². The van der Waals surface area contributed by atoms with Crippen molar-refractivity contribution in [2.45, 2.75) is 23.2 Å². The summed E-state index contributed by atoms with van der Waals surface area (Å²) in [5.41, 5.74) is 1.78. The molecule has 3 nitrogen and oxygen atoms in total. The molecule has 1 N–H and O–H groups in total. The second-order valence-electron chi connectivity index (χ2n) is 2.81. The summed E-state index contributed by atoms with van der Waals surface area (Å²) >= 11 is 3.43. The molecule has 0 spiro atoms. The maximum atomic E-state index is 3.98. The molecule has 0 aromatic carbocycles. The summed E-state index contributed by atoms with van der Waals surface area (Å²) in [5, 5.41) is 11.2. The molecule has 0 aliphatic carbocycles. The van der Waals surface area contributed by atoms with Gasteiger partial charge in [-0.05, 0) is 19.4 Å². The van der Waals surface area contributed by atoms with Crippen LogP contribution in [0.2, 0.25) is 0 Å². The Morgan fingerprint density at radius 3 is 3.42 bits per heavy atom. The Morgan fingerprint density at radius 2 is 2.75 bits per heavy atom. The fourth-order valence-corrected chi connectivity index (χ4v) is 2.91. The Hall–Kier alpha value is -0.130. The van der Waals surface area contributed by atoms with Gasteiger partial charge in [0.1, 0.15) is 5.51 Å². The van der Waals surface area contributed by atoms with E-state index in [9.17, 15) is 0 Å². The number of hydrogen-bond donors (Lipinski definition) is 1. The summed E-state index contributed by atoms with van der Waals surface area (Å²) in [6.45, 7) is 1.18. The number of hydrogen-bond acceptors (Lipinski definition) is 5. The first-order chi connectivity index (χ1) is 5.95. The first kappa shape index (κ1) is 8.47. The molecule has 0 bridgehead atoms. The molecule has 0 radical (unpaired) electrons. The zero-order chi connectivity index (χ0) is 8.23. The van der Waals surface area contributed by atoms with Gasteiger partial charge in [0.2, 0.25) is 0 Å². The van der Waals surface area contributed by atoms with Gasteiger partial charge in [0.15, 0.2) is 4.34 Å². The van der Waals surface area contributed by atoms with E-state index in [1.54, 1.807) is 28.6 Å². The molecule has 0 amide bonds. The van der Waals surface area contributed by atoms with E-state index < -0.39 is 0 Å². The normalized spacial score (nSPS) is 23.2. The molecule has 66 valence electrons. The fraction of sp³-hybridized carbons (Fsp3) is 0.714. The SMILES string of the molecule is c1nnc(SC[C@@H]2CCCN2)s1. The maximum Gasteiger partial charge on any atom is 0.174 e. The quantitative estimate of drug-likeness (QED) is 0.750. The smallest absolute Gasteiger partial charge is 0.174 e. The van der Waals surface area contributed by atoms with Gasteiger partial charge in [-0.15, -0.1) is 10.2 Å². The lowest BCUT2D eigenvalue weighted by Crippen LogP contribution is -2.23. The van der Waals surface area contributed by atoms with E-state index in [0.717, 1.165) is 10.1 Å². The monoisotopic (exact) mass is 201 g/mol. The third-order valence-corrected chi connectivity index (χ3v) is 3.93. The summed E-state index contributed by atoms with van der Waals surface area (Å²) in [6, 6.07) is 0.693. The zero-order valence-electron chi connectivity index (χ0n) is 6.69. The van der Waals surface area contributed by atoms with Gasteiger partial charge in [0.05, 0.1) is 0 Å². The van der Waals surface area contributed by atoms with Crippen LogP contribution < -0.4 is 5.32 Å². The fourth-order valence-electron chi connectivity index (χ4n) is 1.30. The number of aromatic nitrogens is 2. The van der Waals surface area contributed by atoms with Gasteiger partial charge < -0.3 is 5.32 Å². The molecular formula is C7H11N3S2. The minimum atomic E-state index is 0.693. The van der Waals surface area contributed by atoms with Crippen molar-refractivity contribution in [3.05, 3.63) is 5.51 Å². The molecule has 1 aliphatic heterocycles. The predicted molar refractivity (Wildman–Crippen MR) is 51.7 cm³/mol. The van der Waals surface area contributed by atoms with Crippen molar-refractivity contribution in [2.75, 3.05) is 12.3 Å². The molecule has 1 aromatic rings. The van der Waals surface area contributed by atoms with Crippen molar-refractivity contribution < 1.29 is 0 Å². The van der Waals surface area contributed by atoms with Gasteiger partial charge in [0.25, 0.3) is 0 Å². The summed E-state index contributed by atoms with van der Waals surface area (Å²) in [7, 11) is 0. The van der Waals surface area contributed by atoms with Crippen LogP contribution in [0.3, 0.4) is 0 Å². The molecular weight excluding hydrogens is 190 g/mol. The van der Waals surface area contributed by atoms with Crippen molar-refractivity contribution in [2.24, 2.45) is 0 Å². The number of thioether (sulfide) groups is 1. The van der Waals surface area contributed by atoms with E-state index >= 15 is 0 Å². The van der Waals surface area contributed by atoms with Gasteiger partial charge in [-0.1, -0.05) is 23.1 Å². The molecule has 0 saturated carbocycles. The van der Waals surface area contributed by atoms with Crippen molar-refractivity contribution in [1.82, 2.24) is 15.5 Å². The van der Waals surface area contributed by atoms with E-state index in [2.05, 4.69) is 15.5 Å². The number of rotatable bonds is 3. The zero-order valence-corrected chi connectivity index (χ0v) is 8.33. The largest absolute Gasteiger partial charge is 0.313 e. The Labute approximate surface area is 80.0 Å². The summed E-state index contributed by atoms with van der Waals surface area (Å²) < 4.78 is 1.09. The van der Waals surface area contributed by atoms with Crippen molar-refractivity contribution in [3.63, 3.8) is 0 Å². The third-order valence-electron chi connectivity index (χ3n) is 1.91. The predicted octanol–water partition coefficient (Wildman–Crippen LogP) is 1.38. The highest BCUT2D eigenvalue weighted by Crippen LogP contribution is 2.21.